The van der Waals surface area contributed by atoms with E-state index in [2.05, 4.69) is 25.3 Å². The number of anilines is 1. The van der Waals surface area contributed by atoms with Crippen LogP contribution in [0.2, 0.25) is 0 Å². The Morgan fingerprint density at radius 2 is 1.70 bits per heavy atom. The highest BCUT2D eigenvalue weighted by atomic mass is 19.3. The molecule has 0 bridgehead atoms. The van der Waals surface area contributed by atoms with Crippen LogP contribution in [0.4, 0.5) is 19.1 Å². The van der Waals surface area contributed by atoms with Crippen LogP contribution in [-0.2, 0) is 12.1 Å². The van der Waals surface area contributed by atoms with E-state index < -0.39 is 17.9 Å². The van der Waals surface area contributed by atoms with E-state index in [1.165, 1.54) is 30.3 Å². The molecule has 0 aliphatic rings. The number of halogens is 3. The molecule has 0 saturated carbocycles. The molecule has 7 nitrogen and oxygen atoms in total. The first-order valence-corrected chi connectivity index (χ1v) is 11.6. The summed E-state index contributed by atoms with van der Waals surface area (Å²) in [4.78, 5) is 17.3. The van der Waals surface area contributed by atoms with Crippen LogP contribution in [-0.4, -0.2) is 27.0 Å². The fourth-order valence-electron chi connectivity index (χ4n) is 3.77. The number of nitrogens with two attached hydrogens (primary N) is 1. The number of aryl methyl sites for hydroxylation is 1. The Balaban J connectivity index is 1.84. The highest BCUT2D eigenvalue weighted by Gasteiger charge is 2.23. The molecule has 0 radical (unpaired) electrons. The highest BCUT2D eigenvalue weighted by molar-refractivity contribution is 5.85. The molecular formula is C27H27F3N6O. The van der Waals surface area contributed by atoms with E-state index in [-0.39, 0.29) is 24.0 Å². The largest absolute Gasteiger partial charge is 0.471 e. The van der Waals surface area contributed by atoms with E-state index in [4.69, 9.17) is 10.5 Å². The molecule has 3 heterocycles. The van der Waals surface area contributed by atoms with Crippen LogP contribution in [0, 0.1) is 12.7 Å². The summed E-state index contributed by atoms with van der Waals surface area (Å²) in [5.41, 5.74) is 8.61. The number of nitrogens with one attached hydrogen (secondary N) is 1. The van der Waals surface area contributed by atoms with Crippen LogP contribution in [0.15, 0.2) is 54.6 Å². The minimum Gasteiger partial charge on any atom is -0.471 e. The number of aromatic nitrogens is 4. The molecule has 0 fully saturated rings. The first-order valence-electron chi connectivity index (χ1n) is 11.6. The van der Waals surface area contributed by atoms with Crippen LogP contribution in [0.3, 0.4) is 0 Å². The third kappa shape index (κ3) is 5.86. The molecule has 192 valence electrons. The molecule has 1 aromatic carbocycles. The lowest BCUT2D eigenvalue weighted by Crippen LogP contribution is -2.34. The van der Waals surface area contributed by atoms with Gasteiger partial charge in [-0.3, -0.25) is 9.97 Å². The number of hydrogen-bond acceptors (Lipinski definition) is 7. The maximum Gasteiger partial charge on any atom is 0.280 e. The van der Waals surface area contributed by atoms with Crippen LogP contribution in [0.5, 0.6) is 5.88 Å². The van der Waals surface area contributed by atoms with Gasteiger partial charge in [-0.1, -0.05) is 6.07 Å². The molecule has 3 N–H and O–H groups in total. The molecule has 0 amide bonds. The molecular weight excluding hydrogens is 481 g/mol. The van der Waals surface area contributed by atoms with Crippen molar-refractivity contribution in [2.24, 2.45) is 0 Å². The van der Waals surface area contributed by atoms with Crippen molar-refractivity contribution in [3.63, 3.8) is 0 Å². The minimum absolute atomic E-state index is 0.0334. The van der Waals surface area contributed by atoms with Gasteiger partial charge in [0, 0.05) is 11.3 Å². The standard InChI is InChI=1S/C27H27F3N6O/c1-15-12-17(13-20(33-15)24(29)30)22-23(16-8-10-18(28)11-9-16)35-26(31)36-25(22)37-14-19-6-5-7-21(34-19)27(2,3)32-4/h5-13,24,32H,14H2,1-4H3,(H2,31,35,36). The molecule has 0 unspecified atom stereocenters. The molecule has 4 rings (SSSR count). The highest BCUT2D eigenvalue weighted by Crippen LogP contribution is 2.39. The van der Waals surface area contributed by atoms with Crippen molar-refractivity contribution in [3.05, 3.63) is 83.2 Å². The SMILES string of the molecule is CNC(C)(C)c1cccc(COc2nc(N)nc(-c3ccc(F)cc3)c2-c2cc(C)nc(C(F)F)c2)n1. The fourth-order valence-corrected chi connectivity index (χ4v) is 3.77. The zero-order valence-corrected chi connectivity index (χ0v) is 20.9. The van der Waals surface area contributed by atoms with E-state index in [1.54, 1.807) is 13.0 Å². The van der Waals surface area contributed by atoms with Gasteiger partial charge >= 0.3 is 0 Å². The van der Waals surface area contributed by atoms with E-state index in [1.807, 2.05) is 39.1 Å². The molecule has 0 spiro atoms. The van der Waals surface area contributed by atoms with Crippen LogP contribution in [0.1, 0.15) is 43.0 Å². The number of nitrogens with zero attached hydrogens (tertiary/aromatic N) is 4. The predicted octanol–water partition coefficient (Wildman–Crippen LogP) is 5.60. The molecule has 0 aliphatic carbocycles. The number of alkyl halides is 2. The van der Waals surface area contributed by atoms with Crippen molar-refractivity contribution in [3.8, 4) is 28.3 Å². The van der Waals surface area contributed by atoms with E-state index >= 15 is 0 Å². The molecule has 37 heavy (non-hydrogen) atoms. The first-order chi connectivity index (χ1) is 17.6. The third-order valence-electron chi connectivity index (χ3n) is 5.93. The van der Waals surface area contributed by atoms with Gasteiger partial charge in [-0.15, -0.1) is 0 Å². The summed E-state index contributed by atoms with van der Waals surface area (Å²) >= 11 is 0. The summed E-state index contributed by atoms with van der Waals surface area (Å²) < 4.78 is 47.0. The van der Waals surface area contributed by atoms with Gasteiger partial charge in [0.1, 0.15) is 18.1 Å². The second kappa shape index (κ2) is 10.5. The zero-order valence-electron chi connectivity index (χ0n) is 20.9. The number of ether oxygens (including phenoxy) is 1. The number of benzene rings is 1. The summed E-state index contributed by atoms with van der Waals surface area (Å²) in [7, 11) is 1.85. The third-order valence-corrected chi connectivity index (χ3v) is 5.93. The topological polar surface area (TPSA) is 98.8 Å². The lowest BCUT2D eigenvalue weighted by atomic mass is 9.99. The van der Waals surface area contributed by atoms with Gasteiger partial charge in [0.2, 0.25) is 11.8 Å². The smallest absolute Gasteiger partial charge is 0.280 e. The lowest BCUT2D eigenvalue weighted by molar-refractivity contribution is 0.146. The van der Waals surface area contributed by atoms with Crippen molar-refractivity contribution >= 4 is 5.95 Å². The zero-order chi connectivity index (χ0) is 26.7. The Morgan fingerprint density at radius 1 is 0.973 bits per heavy atom. The normalized spacial score (nSPS) is 11.7. The Bertz CT molecular complexity index is 1410. The van der Waals surface area contributed by atoms with E-state index in [0.717, 1.165) is 5.69 Å². The lowest BCUT2D eigenvalue weighted by Gasteiger charge is -2.23. The average molecular weight is 509 g/mol. The quantitative estimate of drug-likeness (QED) is 0.320. The van der Waals surface area contributed by atoms with E-state index in [9.17, 15) is 13.2 Å². The second-order valence-corrected chi connectivity index (χ2v) is 9.02. The summed E-state index contributed by atoms with van der Waals surface area (Å²) in [5, 5.41) is 3.21. The predicted molar refractivity (Wildman–Crippen MR) is 135 cm³/mol. The minimum atomic E-state index is -2.78. The van der Waals surface area contributed by atoms with Crippen molar-refractivity contribution in [2.45, 2.75) is 39.3 Å². The second-order valence-electron chi connectivity index (χ2n) is 9.02. The van der Waals surface area contributed by atoms with Gasteiger partial charge in [0.15, 0.2) is 0 Å². The first kappa shape index (κ1) is 26.0. The fraction of sp³-hybridized carbons (Fsp3) is 0.259. The van der Waals surface area contributed by atoms with E-state index in [0.29, 0.717) is 33.8 Å². The molecule has 4 aromatic rings. The Morgan fingerprint density at radius 3 is 2.38 bits per heavy atom. The monoisotopic (exact) mass is 508 g/mol. The Hall–Kier alpha value is -4.05. The Labute approximate surface area is 213 Å². The summed E-state index contributed by atoms with van der Waals surface area (Å²) in [6, 6.07) is 14.1. The number of hydrogen-bond donors (Lipinski definition) is 2. The molecule has 0 atom stereocenters. The van der Waals surface area contributed by atoms with Crippen LogP contribution in [0.25, 0.3) is 22.4 Å². The van der Waals surface area contributed by atoms with Gasteiger partial charge in [-0.2, -0.15) is 4.98 Å². The van der Waals surface area contributed by atoms with Crippen molar-refractivity contribution in [1.29, 1.82) is 0 Å². The molecule has 3 aromatic heterocycles. The maximum absolute atomic E-state index is 13.6. The van der Waals surface area contributed by atoms with Crippen molar-refractivity contribution in [1.82, 2.24) is 25.3 Å². The van der Waals surface area contributed by atoms with Gasteiger partial charge in [0.05, 0.1) is 28.2 Å². The summed E-state index contributed by atoms with van der Waals surface area (Å²) in [5.74, 6) is -0.437. The Kier molecular flexibility index (Phi) is 7.40. The van der Waals surface area contributed by atoms with Crippen molar-refractivity contribution < 1.29 is 17.9 Å². The number of rotatable bonds is 8. The maximum atomic E-state index is 13.6. The van der Waals surface area contributed by atoms with Crippen LogP contribution < -0.4 is 15.8 Å². The molecule has 10 heteroatoms. The number of nitrogen functional groups attached to an aromatic ring is 1. The van der Waals surface area contributed by atoms with Gasteiger partial charge < -0.3 is 15.8 Å². The molecule has 0 saturated heterocycles. The van der Waals surface area contributed by atoms with Gasteiger partial charge in [-0.05, 0) is 81.9 Å². The molecule has 0 aliphatic heterocycles. The van der Waals surface area contributed by atoms with Gasteiger partial charge in [-0.25, -0.2) is 18.2 Å². The summed E-state index contributed by atoms with van der Waals surface area (Å²) in [6.07, 6.45) is -2.78. The average Bonchev–Trinajstić information content (AvgIpc) is 2.87. The van der Waals surface area contributed by atoms with Crippen LogP contribution >= 0.6 is 0 Å². The van der Waals surface area contributed by atoms with Crippen molar-refractivity contribution in [2.75, 3.05) is 12.8 Å². The number of pyridine rings is 2. The summed E-state index contributed by atoms with van der Waals surface area (Å²) in [6.45, 7) is 5.66. The van der Waals surface area contributed by atoms with Gasteiger partial charge in [0.25, 0.3) is 6.43 Å².